The Morgan fingerprint density at radius 2 is 2.29 bits per heavy atom. The quantitative estimate of drug-likeness (QED) is 0.846. The molecule has 0 spiro atoms. The first-order valence-corrected chi connectivity index (χ1v) is 8.53. The first-order chi connectivity index (χ1) is 11.7. The molecule has 1 aliphatic heterocycles. The van der Waals surface area contributed by atoms with Gasteiger partial charge >= 0.3 is 0 Å². The van der Waals surface area contributed by atoms with Gasteiger partial charge in [0.25, 0.3) is 5.91 Å². The van der Waals surface area contributed by atoms with Crippen LogP contribution in [-0.4, -0.2) is 40.6 Å². The second-order valence-electron chi connectivity index (χ2n) is 6.90. The zero-order valence-electron chi connectivity index (χ0n) is 14.2. The van der Waals surface area contributed by atoms with E-state index in [2.05, 4.69) is 9.55 Å². The maximum absolute atomic E-state index is 12.8. The molecule has 0 radical (unpaired) electrons. The number of carbonyl (C=O) groups is 1. The highest BCUT2D eigenvalue weighted by Crippen LogP contribution is 2.34. The van der Waals surface area contributed by atoms with Gasteiger partial charge in [-0.3, -0.25) is 4.79 Å². The van der Waals surface area contributed by atoms with E-state index in [0.29, 0.717) is 31.0 Å². The molecule has 1 fully saturated rings. The van der Waals surface area contributed by atoms with Crippen LogP contribution in [0.3, 0.4) is 0 Å². The van der Waals surface area contributed by atoms with Crippen LogP contribution in [0.25, 0.3) is 0 Å². The number of aryl methyl sites for hydroxylation is 1. The Bertz CT molecular complexity index is 745. The second kappa shape index (κ2) is 6.09. The van der Waals surface area contributed by atoms with Gasteiger partial charge in [0.1, 0.15) is 5.76 Å². The van der Waals surface area contributed by atoms with Crippen molar-refractivity contribution >= 4 is 5.91 Å². The van der Waals surface area contributed by atoms with Crippen molar-refractivity contribution in [2.45, 2.75) is 38.8 Å². The van der Waals surface area contributed by atoms with Crippen LogP contribution in [0.4, 0.5) is 0 Å². The largest absolute Gasteiger partial charge is 0.469 e. The molecule has 1 aliphatic carbocycles. The molecule has 0 bridgehead atoms. The van der Waals surface area contributed by atoms with Crippen molar-refractivity contribution in [1.82, 2.24) is 14.5 Å². The van der Waals surface area contributed by atoms with E-state index in [0.717, 1.165) is 18.2 Å². The van der Waals surface area contributed by atoms with Crippen LogP contribution in [-0.2, 0) is 17.8 Å². The molecule has 1 saturated carbocycles. The highest BCUT2D eigenvalue weighted by molar-refractivity contribution is 5.95. The number of fused-ring (bicyclic) bond motifs is 1. The van der Waals surface area contributed by atoms with Gasteiger partial charge in [0.05, 0.1) is 37.0 Å². The summed E-state index contributed by atoms with van der Waals surface area (Å²) < 4.78 is 13.0. The fourth-order valence-corrected chi connectivity index (χ4v) is 3.61. The molecule has 0 aromatic carbocycles. The first-order valence-electron chi connectivity index (χ1n) is 8.53. The predicted molar refractivity (Wildman–Crippen MR) is 87.8 cm³/mol. The second-order valence-corrected chi connectivity index (χ2v) is 6.90. The Hall–Kier alpha value is -2.08. The lowest BCUT2D eigenvalue weighted by Crippen LogP contribution is -2.40. The molecule has 1 atom stereocenters. The van der Waals surface area contributed by atoms with Crippen molar-refractivity contribution in [3.05, 3.63) is 41.4 Å². The van der Waals surface area contributed by atoms with Gasteiger partial charge in [-0.1, -0.05) is 0 Å². The summed E-state index contributed by atoms with van der Waals surface area (Å²) in [5.41, 5.74) is 2.88. The predicted octanol–water partition coefficient (Wildman–Crippen LogP) is 2.58. The van der Waals surface area contributed by atoms with Crippen molar-refractivity contribution < 1.29 is 13.9 Å². The number of imidazole rings is 1. The summed E-state index contributed by atoms with van der Waals surface area (Å²) in [6.07, 6.45) is 6.12. The number of amides is 1. The van der Waals surface area contributed by atoms with Crippen molar-refractivity contribution in [3.8, 4) is 0 Å². The summed E-state index contributed by atoms with van der Waals surface area (Å²) in [6.45, 7) is 4.66. The van der Waals surface area contributed by atoms with E-state index in [4.69, 9.17) is 9.15 Å². The minimum atomic E-state index is 0.00439. The topological polar surface area (TPSA) is 60.5 Å². The molecule has 128 valence electrons. The minimum absolute atomic E-state index is 0.00439. The van der Waals surface area contributed by atoms with Crippen molar-refractivity contribution in [2.24, 2.45) is 5.92 Å². The first kappa shape index (κ1) is 15.4. The molecule has 2 aromatic rings. The van der Waals surface area contributed by atoms with E-state index in [-0.39, 0.29) is 11.8 Å². The van der Waals surface area contributed by atoms with Gasteiger partial charge in [-0.2, -0.15) is 0 Å². The summed E-state index contributed by atoms with van der Waals surface area (Å²) in [7, 11) is 1.71. The van der Waals surface area contributed by atoms with Crippen LogP contribution in [0.15, 0.2) is 23.1 Å². The Balaban J connectivity index is 1.61. The SMILES string of the molecule is COCC1CN(C(=O)c2ccoc2C)Cc2ncn(CC3CC3)c21. The van der Waals surface area contributed by atoms with Crippen LogP contribution in [0.5, 0.6) is 0 Å². The third-order valence-electron chi connectivity index (χ3n) is 5.02. The fourth-order valence-electron chi connectivity index (χ4n) is 3.61. The zero-order chi connectivity index (χ0) is 16.7. The number of hydrogen-bond acceptors (Lipinski definition) is 4. The Morgan fingerprint density at radius 1 is 1.46 bits per heavy atom. The molecule has 6 heteroatoms. The van der Waals surface area contributed by atoms with Crippen LogP contribution >= 0.6 is 0 Å². The molecule has 2 aliphatic rings. The van der Waals surface area contributed by atoms with Crippen LogP contribution in [0, 0.1) is 12.8 Å². The Morgan fingerprint density at radius 3 is 2.96 bits per heavy atom. The van der Waals surface area contributed by atoms with E-state index < -0.39 is 0 Å². The molecule has 24 heavy (non-hydrogen) atoms. The average molecular weight is 329 g/mol. The fraction of sp³-hybridized carbons (Fsp3) is 0.556. The molecule has 1 unspecified atom stereocenters. The van der Waals surface area contributed by atoms with Gasteiger partial charge < -0.3 is 18.6 Å². The number of nitrogens with zero attached hydrogens (tertiary/aromatic N) is 3. The Labute approximate surface area is 141 Å². The number of furan rings is 1. The number of ether oxygens (including phenoxy) is 1. The lowest BCUT2D eigenvalue weighted by Gasteiger charge is -2.33. The molecular weight excluding hydrogens is 306 g/mol. The van der Waals surface area contributed by atoms with Crippen molar-refractivity contribution in [2.75, 3.05) is 20.3 Å². The summed E-state index contributed by atoms with van der Waals surface area (Å²) >= 11 is 0. The smallest absolute Gasteiger partial charge is 0.257 e. The standard InChI is InChI=1S/C18H23N3O3/c1-12-15(5-6-24-12)18(22)20-8-14(10-23-2)17-16(9-20)19-11-21(17)7-13-3-4-13/h5-6,11,13-14H,3-4,7-10H2,1-2H3. The van der Waals surface area contributed by atoms with E-state index in [1.165, 1.54) is 18.5 Å². The minimum Gasteiger partial charge on any atom is -0.469 e. The number of carbonyl (C=O) groups excluding carboxylic acids is 1. The molecular formula is C18H23N3O3. The van der Waals surface area contributed by atoms with E-state index >= 15 is 0 Å². The molecule has 4 rings (SSSR count). The summed E-state index contributed by atoms with van der Waals surface area (Å²) in [6, 6.07) is 1.74. The lowest BCUT2D eigenvalue weighted by molar-refractivity contribution is 0.0670. The van der Waals surface area contributed by atoms with Gasteiger partial charge in [-0.05, 0) is 31.7 Å². The molecule has 0 N–H and O–H groups in total. The van der Waals surface area contributed by atoms with Crippen LogP contribution < -0.4 is 0 Å². The van der Waals surface area contributed by atoms with E-state index in [1.54, 1.807) is 19.4 Å². The van der Waals surface area contributed by atoms with Crippen molar-refractivity contribution in [3.63, 3.8) is 0 Å². The third-order valence-corrected chi connectivity index (χ3v) is 5.02. The average Bonchev–Trinajstić information content (AvgIpc) is 3.14. The maximum Gasteiger partial charge on any atom is 0.257 e. The molecule has 2 aromatic heterocycles. The normalized spacial score (nSPS) is 20.2. The van der Waals surface area contributed by atoms with Crippen LogP contribution in [0.2, 0.25) is 0 Å². The van der Waals surface area contributed by atoms with Crippen LogP contribution in [0.1, 0.15) is 46.3 Å². The molecule has 6 nitrogen and oxygen atoms in total. The number of methoxy groups -OCH3 is 1. The molecule has 3 heterocycles. The number of hydrogen-bond donors (Lipinski definition) is 0. The molecule has 0 saturated heterocycles. The van der Waals surface area contributed by atoms with Gasteiger partial charge in [-0.25, -0.2) is 4.98 Å². The number of rotatable bonds is 5. The Kier molecular flexibility index (Phi) is 3.92. The lowest BCUT2D eigenvalue weighted by atomic mass is 9.98. The summed E-state index contributed by atoms with van der Waals surface area (Å²) in [4.78, 5) is 19.3. The van der Waals surface area contributed by atoms with E-state index in [9.17, 15) is 4.79 Å². The monoisotopic (exact) mass is 329 g/mol. The van der Waals surface area contributed by atoms with Crippen molar-refractivity contribution in [1.29, 1.82) is 0 Å². The number of aromatic nitrogens is 2. The zero-order valence-corrected chi connectivity index (χ0v) is 14.2. The summed E-state index contributed by atoms with van der Waals surface area (Å²) in [5.74, 6) is 1.62. The van der Waals surface area contributed by atoms with Gasteiger partial charge in [0.15, 0.2) is 0 Å². The highest BCUT2D eigenvalue weighted by atomic mass is 16.5. The van der Waals surface area contributed by atoms with Gasteiger partial charge in [0.2, 0.25) is 0 Å². The maximum atomic E-state index is 12.8. The highest BCUT2D eigenvalue weighted by Gasteiger charge is 2.34. The third kappa shape index (κ3) is 2.75. The van der Waals surface area contributed by atoms with E-state index in [1.807, 2.05) is 18.2 Å². The van der Waals surface area contributed by atoms with Gasteiger partial charge in [0, 0.05) is 31.8 Å². The molecule has 1 amide bonds. The van der Waals surface area contributed by atoms with Gasteiger partial charge in [-0.15, -0.1) is 0 Å². The summed E-state index contributed by atoms with van der Waals surface area (Å²) in [5, 5.41) is 0.